The Hall–Kier alpha value is -2.01. The maximum absolute atomic E-state index is 12.8. The lowest BCUT2D eigenvalue weighted by molar-refractivity contribution is -0.126. The van der Waals surface area contributed by atoms with Gasteiger partial charge in [-0.2, -0.15) is 4.31 Å². The fourth-order valence-corrected chi connectivity index (χ4v) is 5.95. The molecule has 2 fully saturated rings. The topological polar surface area (TPSA) is 108 Å². The molecule has 0 aliphatic carbocycles. The largest absolute Gasteiger partial charge is 0.382 e. The second-order valence-corrected chi connectivity index (χ2v) is 10.8. The van der Waals surface area contributed by atoms with Crippen LogP contribution in [0.5, 0.6) is 0 Å². The van der Waals surface area contributed by atoms with Gasteiger partial charge in [-0.15, -0.1) is 0 Å². The number of nitrogens with zero attached hydrogens (tertiary/aromatic N) is 2. The number of likely N-dealkylation sites (tertiary alicyclic amines) is 1. The zero-order valence-corrected chi connectivity index (χ0v) is 20.9. The minimum Gasteiger partial charge on any atom is -0.382 e. The van der Waals surface area contributed by atoms with Crippen molar-refractivity contribution in [2.45, 2.75) is 50.3 Å². The molecule has 0 radical (unpaired) electrons. The predicted octanol–water partition coefficient (Wildman–Crippen LogP) is 2.05. The minimum atomic E-state index is -3.51. The first-order valence-electron chi connectivity index (χ1n) is 12.4. The van der Waals surface area contributed by atoms with E-state index < -0.39 is 10.0 Å². The highest BCUT2D eigenvalue weighted by Crippen LogP contribution is 2.23. The Bertz CT molecular complexity index is 910. The average molecular weight is 495 g/mol. The molecule has 9 nitrogen and oxygen atoms in total. The number of amides is 2. The summed E-state index contributed by atoms with van der Waals surface area (Å²) in [7, 11) is -3.51. The van der Waals surface area contributed by atoms with E-state index in [1.807, 2.05) is 6.92 Å². The number of carbonyl (C=O) groups is 2. The third-order valence-electron chi connectivity index (χ3n) is 6.40. The van der Waals surface area contributed by atoms with Gasteiger partial charge in [0.25, 0.3) is 0 Å². The van der Waals surface area contributed by atoms with E-state index in [-0.39, 0.29) is 22.6 Å². The quantitative estimate of drug-likeness (QED) is 0.431. The summed E-state index contributed by atoms with van der Waals surface area (Å²) in [5.74, 6) is -0.0139. The normalized spacial score (nSPS) is 18.1. The lowest BCUT2D eigenvalue weighted by atomic mass is 9.96. The molecule has 0 atom stereocenters. The van der Waals surface area contributed by atoms with Gasteiger partial charge in [0, 0.05) is 57.4 Å². The highest BCUT2D eigenvalue weighted by molar-refractivity contribution is 7.89. The zero-order valence-electron chi connectivity index (χ0n) is 20.1. The molecule has 10 heteroatoms. The number of nitrogens with one attached hydrogen (secondary N) is 2. The van der Waals surface area contributed by atoms with Crippen molar-refractivity contribution in [2.24, 2.45) is 5.92 Å². The van der Waals surface area contributed by atoms with Crippen molar-refractivity contribution < 1.29 is 22.7 Å². The molecule has 0 unspecified atom stereocenters. The number of rotatable bonds is 12. The van der Waals surface area contributed by atoms with Gasteiger partial charge in [0.2, 0.25) is 21.8 Å². The van der Waals surface area contributed by atoms with Gasteiger partial charge in [0.15, 0.2) is 0 Å². The molecular formula is C24H38N4O5S. The van der Waals surface area contributed by atoms with Gasteiger partial charge in [-0.3, -0.25) is 9.59 Å². The van der Waals surface area contributed by atoms with Crippen LogP contribution in [0.1, 0.15) is 45.4 Å². The number of piperidine rings is 1. The standard InChI is InChI=1S/C24H38N4O5S/c1-2-33-18-6-12-25-24(30)20-9-15-27(16-10-20)17-11-23(29)26-21-7-5-8-22(19-21)34(31,32)28-13-3-4-14-28/h5,7-8,19-20H,2-4,6,9-18H2,1H3,(H,25,30)(H,26,29). The van der Waals surface area contributed by atoms with Crippen LogP contribution in [0.15, 0.2) is 29.2 Å². The van der Waals surface area contributed by atoms with Gasteiger partial charge in [-0.1, -0.05) is 6.07 Å². The lowest BCUT2D eigenvalue weighted by Gasteiger charge is -2.31. The first kappa shape index (κ1) is 26.6. The van der Waals surface area contributed by atoms with Crippen LogP contribution in [-0.4, -0.2) is 81.9 Å². The molecule has 0 spiro atoms. The van der Waals surface area contributed by atoms with Crippen molar-refractivity contribution in [1.82, 2.24) is 14.5 Å². The molecule has 2 N–H and O–H groups in total. The molecule has 2 aliphatic heterocycles. The third kappa shape index (κ3) is 7.76. The number of carbonyl (C=O) groups excluding carboxylic acids is 2. The number of benzene rings is 1. The Balaban J connectivity index is 1.38. The van der Waals surface area contributed by atoms with E-state index in [2.05, 4.69) is 15.5 Å². The van der Waals surface area contributed by atoms with Crippen molar-refractivity contribution in [1.29, 1.82) is 0 Å². The molecule has 2 heterocycles. The molecular weight excluding hydrogens is 456 g/mol. The molecule has 0 saturated carbocycles. The molecule has 1 aromatic carbocycles. The molecule has 2 amide bonds. The zero-order chi connectivity index (χ0) is 24.4. The van der Waals surface area contributed by atoms with Crippen LogP contribution in [-0.2, 0) is 24.3 Å². The summed E-state index contributed by atoms with van der Waals surface area (Å²) in [6.07, 6.45) is 4.47. The summed E-state index contributed by atoms with van der Waals surface area (Å²) >= 11 is 0. The fourth-order valence-electron chi connectivity index (χ4n) is 4.39. The highest BCUT2D eigenvalue weighted by Gasteiger charge is 2.27. The Kier molecular flexibility index (Phi) is 10.3. The second-order valence-electron chi connectivity index (χ2n) is 8.89. The maximum Gasteiger partial charge on any atom is 0.243 e. The number of hydrogen-bond acceptors (Lipinski definition) is 6. The number of sulfonamides is 1. The number of anilines is 1. The molecule has 1 aromatic rings. The third-order valence-corrected chi connectivity index (χ3v) is 8.30. The van der Waals surface area contributed by atoms with Gasteiger partial charge in [-0.25, -0.2) is 8.42 Å². The van der Waals surface area contributed by atoms with E-state index in [0.717, 1.165) is 45.2 Å². The van der Waals surface area contributed by atoms with E-state index in [0.29, 0.717) is 51.5 Å². The Morgan fingerprint density at radius 1 is 1.12 bits per heavy atom. The van der Waals surface area contributed by atoms with Crippen LogP contribution in [0.4, 0.5) is 5.69 Å². The van der Waals surface area contributed by atoms with Crippen LogP contribution in [0.25, 0.3) is 0 Å². The lowest BCUT2D eigenvalue weighted by Crippen LogP contribution is -2.41. The smallest absolute Gasteiger partial charge is 0.243 e. The van der Waals surface area contributed by atoms with Crippen LogP contribution in [0.3, 0.4) is 0 Å². The van der Waals surface area contributed by atoms with Crippen molar-refractivity contribution in [3.05, 3.63) is 24.3 Å². The minimum absolute atomic E-state index is 0.0254. The van der Waals surface area contributed by atoms with Gasteiger partial charge < -0.3 is 20.3 Å². The maximum atomic E-state index is 12.8. The monoisotopic (exact) mass is 494 g/mol. The van der Waals surface area contributed by atoms with Gasteiger partial charge in [0.1, 0.15) is 0 Å². The van der Waals surface area contributed by atoms with Crippen LogP contribution < -0.4 is 10.6 Å². The van der Waals surface area contributed by atoms with E-state index in [9.17, 15) is 18.0 Å². The van der Waals surface area contributed by atoms with E-state index in [1.165, 1.54) is 10.4 Å². The molecule has 34 heavy (non-hydrogen) atoms. The summed E-state index contributed by atoms with van der Waals surface area (Å²) in [4.78, 5) is 27.2. The molecule has 2 aliphatic rings. The Labute approximate surface area is 203 Å². The van der Waals surface area contributed by atoms with Crippen molar-refractivity contribution in [3.8, 4) is 0 Å². The van der Waals surface area contributed by atoms with Crippen molar-refractivity contribution in [2.75, 3.05) is 57.8 Å². The average Bonchev–Trinajstić information content (AvgIpc) is 3.39. The summed E-state index contributed by atoms with van der Waals surface area (Å²) in [5.41, 5.74) is 0.491. The van der Waals surface area contributed by atoms with Crippen molar-refractivity contribution in [3.63, 3.8) is 0 Å². The molecule has 2 saturated heterocycles. The Morgan fingerprint density at radius 3 is 2.56 bits per heavy atom. The molecule has 3 rings (SSSR count). The highest BCUT2D eigenvalue weighted by atomic mass is 32.2. The Morgan fingerprint density at radius 2 is 1.85 bits per heavy atom. The van der Waals surface area contributed by atoms with Crippen LogP contribution >= 0.6 is 0 Å². The van der Waals surface area contributed by atoms with Crippen LogP contribution in [0.2, 0.25) is 0 Å². The predicted molar refractivity (Wildman–Crippen MR) is 131 cm³/mol. The second kappa shape index (κ2) is 13.2. The molecule has 0 aromatic heterocycles. The van der Waals surface area contributed by atoms with Gasteiger partial charge in [0.05, 0.1) is 4.90 Å². The van der Waals surface area contributed by atoms with Gasteiger partial charge in [-0.05, 0) is 70.3 Å². The van der Waals surface area contributed by atoms with E-state index in [1.54, 1.807) is 18.2 Å². The summed E-state index contributed by atoms with van der Waals surface area (Å²) in [5, 5.41) is 5.82. The van der Waals surface area contributed by atoms with Crippen molar-refractivity contribution >= 4 is 27.5 Å². The first-order valence-corrected chi connectivity index (χ1v) is 13.8. The fraction of sp³-hybridized carbons (Fsp3) is 0.667. The molecule has 0 bridgehead atoms. The van der Waals surface area contributed by atoms with Crippen LogP contribution in [0, 0.1) is 5.92 Å². The number of ether oxygens (including phenoxy) is 1. The summed E-state index contributed by atoms with van der Waals surface area (Å²) < 4.78 is 32.3. The summed E-state index contributed by atoms with van der Waals surface area (Å²) in [6.45, 7) is 7.22. The SMILES string of the molecule is CCOCCCNC(=O)C1CCN(CCC(=O)Nc2cccc(S(=O)(=O)N3CCCC3)c2)CC1. The molecule has 190 valence electrons. The first-order chi connectivity index (χ1) is 16.4. The van der Waals surface area contributed by atoms with Gasteiger partial charge >= 0.3 is 0 Å². The van der Waals surface area contributed by atoms with E-state index >= 15 is 0 Å². The van der Waals surface area contributed by atoms with E-state index in [4.69, 9.17) is 4.74 Å². The number of hydrogen-bond donors (Lipinski definition) is 2. The summed E-state index contributed by atoms with van der Waals surface area (Å²) in [6, 6.07) is 6.47.